The van der Waals surface area contributed by atoms with Crippen molar-refractivity contribution in [2.75, 3.05) is 18.2 Å². The molecule has 1 aliphatic rings. The molecule has 2 aromatic carbocycles. The molecule has 138 valence electrons. The van der Waals surface area contributed by atoms with E-state index in [1.807, 2.05) is 6.26 Å². The predicted molar refractivity (Wildman–Crippen MR) is 99.0 cm³/mol. The first-order valence-corrected chi connectivity index (χ1v) is 9.60. The van der Waals surface area contributed by atoms with E-state index in [1.54, 1.807) is 18.2 Å². The molecule has 0 saturated heterocycles. The molecule has 1 aliphatic carbocycles. The highest BCUT2D eigenvalue weighted by Gasteiger charge is 2.23. The van der Waals surface area contributed by atoms with Crippen LogP contribution in [0.5, 0.6) is 0 Å². The number of carbonyl (C=O) groups excluding carboxylic acids is 1. The number of halogens is 3. The Hall–Kier alpha value is -1.83. The van der Waals surface area contributed by atoms with Gasteiger partial charge in [-0.2, -0.15) is 0 Å². The van der Waals surface area contributed by atoms with Gasteiger partial charge in [0.25, 0.3) is 5.91 Å². The maximum absolute atomic E-state index is 14.3. The van der Waals surface area contributed by atoms with E-state index < -0.39 is 17.5 Å². The summed E-state index contributed by atoms with van der Waals surface area (Å²) in [7, 11) is 0. The summed E-state index contributed by atoms with van der Waals surface area (Å²) in [5.41, 5.74) is 2.26. The second-order valence-electron chi connectivity index (χ2n) is 5.94. The number of benzene rings is 2. The van der Waals surface area contributed by atoms with Gasteiger partial charge in [0.1, 0.15) is 0 Å². The minimum absolute atomic E-state index is 0.0790. The third-order valence-electron chi connectivity index (χ3n) is 3.96. The van der Waals surface area contributed by atoms with E-state index in [0.29, 0.717) is 23.2 Å². The molecule has 0 aliphatic heterocycles. The maximum Gasteiger partial charge on any atom is 0.277 e. The van der Waals surface area contributed by atoms with Crippen molar-refractivity contribution in [2.45, 2.75) is 17.7 Å². The van der Waals surface area contributed by atoms with E-state index >= 15 is 0 Å². The standard InChI is InChI=1S/C18H17ClF2N2O2S/c1-26-11-4-7-15(13(19)8-11)22-17-12(5-6-14(20)16(17)21)18(24)23-25-9-10-2-3-10/h4-8,10,22H,2-3,9H2,1H3,(H,23,24). The minimum Gasteiger partial charge on any atom is -0.351 e. The summed E-state index contributed by atoms with van der Waals surface area (Å²) in [4.78, 5) is 18.4. The van der Waals surface area contributed by atoms with Crippen LogP contribution in [0.3, 0.4) is 0 Å². The van der Waals surface area contributed by atoms with Crippen molar-refractivity contribution in [1.29, 1.82) is 0 Å². The molecule has 1 amide bonds. The average molecular weight is 399 g/mol. The third kappa shape index (κ3) is 4.47. The molecule has 0 atom stereocenters. The van der Waals surface area contributed by atoms with Crippen LogP contribution in [-0.2, 0) is 4.84 Å². The van der Waals surface area contributed by atoms with E-state index in [4.69, 9.17) is 16.4 Å². The summed E-state index contributed by atoms with van der Waals surface area (Å²) in [5.74, 6) is -2.44. The van der Waals surface area contributed by atoms with Crippen LogP contribution in [0.25, 0.3) is 0 Å². The molecule has 1 saturated carbocycles. The van der Waals surface area contributed by atoms with Gasteiger partial charge >= 0.3 is 0 Å². The van der Waals surface area contributed by atoms with Gasteiger partial charge in [0.15, 0.2) is 11.6 Å². The fraction of sp³-hybridized carbons (Fsp3) is 0.278. The van der Waals surface area contributed by atoms with Crippen molar-refractivity contribution in [1.82, 2.24) is 5.48 Å². The van der Waals surface area contributed by atoms with Gasteiger partial charge in [-0.05, 0) is 55.3 Å². The first kappa shape index (κ1) is 18.9. The van der Waals surface area contributed by atoms with E-state index in [9.17, 15) is 13.6 Å². The lowest BCUT2D eigenvalue weighted by Crippen LogP contribution is -2.26. The summed E-state index contributed by atoms with van der Waals surface area (Å²) in [6, 6.07) is 7.22. The first-order valence-electron chi connectivity index (χ1n) is 8.00. The molecule has 3 rings (SSSR count). The van der Waals surface area contributed by atoms with E-state index in [1.165, 1.54) is 17.8 Å². The Labute approximate surface area is 159 Å². The van der Waals surface area contributed by atoms with E-state index in [-0.39, 0.29) is 11.3 Å². The van der Waals surface area contributed by atoms with Gasteiger partial charge in [-0.25, -0.2) is 14.3 Å². The zero-order valence-corrected chi connectivity index (χ0v) is 15.5. The molecule has 0 radical (unpaired) electrons. The summed E-state index contributed by atoms with van der Waals surface area (Å²) >= 11 is 7.69. The van der Waals surface area contributed by atoms with Crippen LogP contribution in [0.2, 0.25) is 5.02 Å². The lowest BCUT2D eigenvalue weighted by atomic mass is 10.1. The summed E-state index contributed by atoms with van der Waals surface area (Å²) in [5, 5.41) is 3.05. The quantitative estimate of drug-likeness (QED) is 0.500. The lowest BCUT2D eigenvalue weighted by Gasteiger charge is -2.15. The lowest BCUT2D eigenvalue weighted by molar-refractivity contribution is 0.0270. The van der Waals surface area contributed by atoms with Gasteiger partial charge in [0.05, 0.1) is 28.6 Å². The van der Waals surface area contributed by atoms with Gasteiger partial charge in [0, 0.05) is 4.90 Å². The van der Waals surface area contributed by atoms with Crippen LogP contribution >= 0.6 is 23.4 Å². The Morgan fingerprint density at radius 1 is 1.31 bits per heavy atom. The minimum atomic E-state index is -1.16. The number of hydrogen-bond donors (Lipinski definition) is 2. The maximum atomic E-state index is 14.3. The Balaban J connectivity index is 1.84. The molecular weight excluding hydrogens is 382 g/mol. The van der Waals surface area contributed by atoms with Gasteiger partial charge < -0.3 is 5.32 Å². The second-order valence-corrected chi connectivity index (χ2v) is 7.23. The Bertz CT molecular complexity index is 831. The molecule has 0 spiro atoms. The Morgan fingerprint density at radius 2 is 2.08 bits per heavy atom. The molecule has 2 aromatic rings. The highest BCUT2D eigenvalue weighted by Crippen LogP contribution is 2.33. The first-order chi connectivity index (χ1) is 12.5. The molecule has 1 fully saturated rings. The third-order valence-corrected chi connectivity index (χ3v) is 4.99. The van der Waals surface area contributed by atoms with Gasteiger partial charge in [-0.15, -0.1) is 11.8 Å². The highest BCUT2D eigenvalue weighted by molar-refractivity contribution is 7.98. The van der Waals surface area contributed by atoms with Crippen LogP contribution in [0, 0.1) is 17.6 Å². The molecule has 0 heterocycles. The smallest absolute Gasteiger partial charge is 0.277 e. The number of nitrogens with one attached hydrogen (secondary N) is 2. The number of amides is 1. The number of anilines is 2. The largest absolute Gasteiger partial charge is 0.351 e. The summed E-state index contributed by atoms with van der Waals surface area (Å²) in [6.45, 7) is 0.403. The second kappa shape index (κ2) is 8.24. The number of hydroxylamine groups is 1. The molecule has 2 N–H and O–H groups in total. The van der Waals surface area contributed by atoms with Crippen LogP contribution in [0.1, 0.15) is 23.2 Å². The monoisotopic (exact) mass is 398 g/mol. The van der Waals surface area contributed by atoms with Crippen molar-refractivity contribution in [2.24, 2.45) is 5.92 Å². The molecule has 0 bridgehead atoms. The fourth-order valence-electron chi connectivity index (χ4n) is 2.29. The molecule has 8 heteroatoms. The van der Waals surface area contributed by atoms with Crippen molar-refractivity contribution in [3.05, 3.63) is 52.6 Å². The van der Waals surface area contributed by atoms with Gasteiger partial charge in [0.2, 0.25) is 0 Å². The zero-order chi connectivity index (χ0) is 18.7. The van der Waals surface area contributed by atoms with Crippen molar-refractivity contribution in [3.8, 4) is 0 Å². The Kier molecular flexibility index (Phi) is 6.01. The van der Waals surface area contributed by atoms with Crippen LogP contribution in [-0.4, -0.2) is 18.8 Å². The Morgan fingerprint density at radius 3 is 2.73 bits per heavy atom. The average Bonchev–Trinajstić information content (AvgIpc) is 3.44. The van der Waals surface area contributed by atoms with Crippen LogP contribution in [0.4, 0.5) is 20.2 Å². The van der Waals surface area contributed by atoms with Crippen molar-refractivity contribution in [3.63, 3.8) is 0 Å². The number of hydrogen-bond acceptors (Lipinski definition) is 4. The predicted octanol–water partition coefficient (Wildman–Crippen LogP) is 5.16. The van der Waals surface area contributed by atoms with E-state index in [0.717, 1.165) is 23.8 Å². The molecule has 0 aromatic heterocycles. The van der Waals surface area contributed by atoms with E-state index in [2.05, 4.69) is 10.8 Å². The van der Waals surface area contributed by atoms with Crippen molar-refractivity contribution < 1.29 is 18.4 Å². The number of carbonyl (C=O) groups is 1. The molecule has 4 nitrogen and oxygen atoms in total. The van der Waals surface area contributed by atoms with Crippen LogP contribution in [0.15, 0.2) is 35.2 Å². The summed E-state index contributed by atoms with van der Waals surface area (Å²) < 4.78 is 28.0. The van der Waals surface area contributed by atoms with Crippen molar-refractivity contribution >= 4 is 40.6 Å². The molecular formula is C18H17ClF2N2O2S. The molecule has 26 heavy (non-hydrogen) atoms. The normalized spacial score (nSPS) is 13.5. The van der Waals surface area contributed by atoms with Crippen LogP contribution < -0.4 is 10.8 Å². The molecule has 0 unspecified atom stereocenters. The number of rotatable bonds is 7. The SMILES string of the molecule is CSc1ccc(Nc2c(C(=O)NOCC3CC3)ccc(F)c2F)c(Cl)c1. The topological polar surface area (TPSA) is 50.4 Å². The van der Waals surface area contributed by atoms with Gasteiger partial charge in [-0.1, -0.05) is 11.6 Å². The summed E-state index contributed by atoms with van der Waals surface area (Å²) in [6.07, 6.45) is 4.03. The van der Waals surface area contributed by atoms with Gasteiger partial charge in [-0.3, -0.25) is 9.63 Å². The zero-order valence-electron chi connectivity index (χ0n) is 13.9. The highest BCUT2D eigenvalue weighted by atomic mass is 35.5. The fourth-order valence-corrected chi connectivity index (χ4v) is 3.02. The number of thioether (sulfide) groups is 1.